The number of amides is 2. The molecule has 2 aromatic carbocycles. The molecule has 0 atom stereocenters. The maximum atomic E-state index is 12.4. The zero-order chi connectivity index (χ0) is 21.5. The largest absolute Gasteiger partial charge is 0.352 e. The predicted molar refractivity (Wildman–Crippen MR) is 124 cm³/mol. The molecule has 0 spiro atoms. The molecular formula is C24H28N4O2S. The Balaban J connectivity index is 1.21. The lowest BCUT2D eigenvalue weighted by atomic mass is 10.1. The second-order valence-electron chi connectivity index (χ2n) is 7.85. The van der Waals surface area contributed by atoms with Crippen LogP contribution in [0.15, 0.2) is 53.7 Å². The van der Waals surface area contributed by atoms with Crippen molar-refractivity contribution in [3.8, 4) is 0 Å². The smallest absolute Gasteiger partial charge is 0.251 e. The van der Waals surface area contributed by atoms with Crippen molar-refractivity contribution in [3.05, 3.63) is 59.7 Å². The summed E-state index contributed by atoms with van der Waals surface area (Å²) in [6, 6.07) is 15.7. The predicted octanol–water partition coefficient (Wildman–Crippen LogP) is 4.38. The fourth-order valence-corrected chi connectivity index (χ4v) is 4.59. The molecule has 0 bridgehead atoms. The van der Waals surface area contributed by atoms with Crippen molar-refractivity contribution in [1.82, 2.24) is 20.2 Å². The van der Waals surface area contributed by atoms with E-state index < -0.39 is 0 Å². The fraction of sp³-hybridized carbons (Fsp3) is 0.375. The standard InChI is InChI=1S/C24H28N4O2S/c29-22-9-2-1-5-15-28(22)16-6-14-25-23(30)19-12-10-18(11-13-19)17-31-24-26-20-7-3-4-8-21(20)27-24/h3-4,7-8,10-13H,1-2,5-6,9,14-17H2,(H,25,30)(H,26,27). The Morgan fingerprint density at radius 3 is 2.77 bits per heavy atom. The third-order valence-electron chi connectivity index (χ3n) is 5.52. The lowest BCUT2D eigenvalue weighted by molar-refractivity contribution is -0.130. The summed E-state index contributed by atoms with van der Waals surface area (Å²) < 4.78 is 0. The molecule has 4 rings (SSSR count). The fourth-order valence-electron chi connectivity index (χ4n) is 3.75. The maximum absolute atomic E-state index is 12.4. The van der Waals surface area contributed by atoms with Crippen molar-refractivity contribution in [1.29, 1.82) is 0 Å². The number of thioether (sulfide) groups is 1. The van der Waals surface area contributed by atoms with Crippen molar-refractivity contribution in [2.24, 2.45) is 0 Å². The Morgan fingerprint density at radius 1 is 1.10 bits per heavy atom. The van der Waals surface area contributed by atoms with E-state index in [9.17, 15) is 9.59 Å². The van der Waals surface area contributed by atoms with Crippen LogP contribution >= 0.6 is 11.8 Å². The number of para-hydroxylation sites is 2. The number of nitrogens with zero attached hydrogens (tertiary/aromatic N) is 2. The highest BCUT2D eigenvalue weighted by atomic mass is 32.2. The zero-order valence-electron chi connectivity index (χ0n) is 17.6. The quantitative estimate of drug-likeness (QED) is 0.406. The highest BCUT2D eigenvalue weighted by Crippen LogP contribution is 2.23. The van der Waals surface area contributed by atoms with Crippen molar-refractivity contribution in [2.45, 2.75) is 43.0 Å². The van der Waals surface area contributed by atoms with Crippen LogP contribution in [0.3, 0.4) is 0 Å². The Labute approximate surface area is 186 Å². The average Bonchev–Trinajstić information content (AvgIpc) is 3.11. The third-order valence-corrected chi connectivity index (χ3v) is 6.47. The van der Waals surface area contributed by atoms with E-state index in [1.54, 1.807) is 11.8 Å². The molecule has 31 heavy (non-hydrogen) atoms. The van der Waals surface area contributed by atoms with Gasteiger partial charge in [-0.25, -0.2) is 4.98 Å². The first-order chi connectivity index (χ1) is 15.2. The SMILES string of the molecule is O=C(NCCCN1CCCCCC1=O)c1ccc(CSc2nc3ccccc3[nH]2)cc1. The van der Waals surface area contributed by atoms with Gasteiger partial charge in [-0.15, -0.1) is 0 Å². The molecule has 0 radical (unpaired) electrons. The van der Waals surface area contributed by atoms with Gasteiger partial charge in [0.15, 0.2) is 5.16 Å². The second kappa shape index (κ2) is 10.5. The number of fused-ring (bicyclic) bond motifs is 1. The van der Waals surface area contributed by atoms with Crippen LogP contribution in [0, 0.1) is 0 Å². The normalized spacial score (nSPS) is 14.6. The molecule has 7 heteroatoms. The number of hydrogen-bond acceptors (Lipinski definition) is 4. The minimum absolute atomic E-state index is 0.0707. The number of aromatic amines is 1. The van der Waals surface area contributed by atoms with Crippen molar-refractivity contribution < 1.29 is 9.59 Å². The molecule has 6 nitrogen and oxygen atoms in total. The number of H-pyrrole nitrogens is 1. The van der Waals surface area contributed by atoms with Crippen LogP contribution in [-0.4, -0.2) is 46.3 Å². The first-order valence-electron chi connectivity index (χ1n) is 10.9. The van der Waals surface area contributed by atoms with Gasteiger partial charge in [-0.1, -0.05) is 42.4 Å². The Kier molecular flexibility index (Phi) is 7.25. The molecule has 1 fully saturated rings. The van der Waals surface area contributed by atoms with Gasteiger partial charge in [-0.05, 0) is 49.1 Å². The van der Waals surface area contributed by atoms with Gasteiger partial charge in [0.25, 0.3) is 5.91 Å². The molecule has 0 unspecified atom stereocenters. The van der Waals surface area contributed by atoms with Crippen LogP contribution < -0.4 is 5.32 Å². The molecule has 1 aliphatic rings. The molecule has 1 aromatic heterocycles. The molecule has 0 saturated carbocycles. The molecule has 2 heterocycles. The first-order valence-corrected chi connectivity index (χ1v) is 11.9. The number of carbonyl (C=O) groups is 2. The van der Waals surface area contributed by atoms with Crippen LogP contribution in [0.5, 0.6) is 0 Å². The van der Waals surface area contributed by atoms with Gasteiger partial charge in [0.2, 0.25) is 5.91 Å². The minimum atomic E-state index is -0.0707. The van der Waals surface area contributed by atoms with Crippen LogP contribution in [0.25, 0.3) is 11.0 Å². The van der Waals surface area contributed by atoms with Gasteiger partial charge in [-0.2, -0.15) is 0 Å². The van der Waals surface area contributed by atoms with Crippen LogP contribution in [0.1, 0.15) is 48.0 Å². The lowest BCUT2D eigenvalue weighted by Crippen LogP contribution is -2.34. The molecule has 2 N–H and O–H groups in total. The Bertz CT molecular complexity index is 998. The topological polar surface area (TPSA) is 78.1 Å². The van der Waals surface area contributed by atoms with E-state index in [-0.39, 0.29) is 11.8 Å². The summed E-state index contributed by atoms with van der Waals surface area (Å²) in [6.45, 7) is 2.14. The van der Waals surface area contributed by atoms with Gasteiger partial charge in [0.1, 0.15) is 0 Å². The minimum Gasteiger partial charge on any atom is -0.352 e. The highest BCUT2D eigenvalue weighted by Gasteiger charge is 2.16. The summed E-state index contributed by atoms with van der Waals surface area (Å²) in [7, 11) is 0. The van der Waals surface area contributed by atoms with E-state index in [4.69, 9.17) is 0 Å². The van der Waals surface area contributed by atoms with Gasteiger partial charge in [0.05, 0.1) is 11.0 Å². The zero-order valence-corrected chi connectivity index (χ0v) is 18.4. The number of benzene rings is 2. The summed E-state index contributed by atoms with van der Waals surface area (Å²) >= 11 is 1.65. The first kappa shape index (κ1) is 21.4. The van der Waals surface area contributed by atoms with E-state index in [1.807, 2.05) is 53.4 Å². The van der Waals surface area contributed by atoms with Crippen LogP contribution in [0.2, 0.25) is 0 Å². The molecule has 1 aliphatic heterocycles. The number of imidazole rings is 1. The van der Waals surface area contributed by atoms with Crippen LogP contribution in [-0.2, 0) is 10.5 Å². The number of nitrogens with one attached hydrogen (secondary N) is 2. The number of likely N-dealkylation sites (tertiary alicyclic amines) is 1. The summed E-state index contributed by atoms with van der Waals surface area (Å²) in [5.41, 5.74) is 3.81. The van der Waals surface area contributed by atoms with E-state index in [1.165, 1.54) is 0 Å². The summed E-state index contributed by atoms with van der Waals surface area (Å²) in [6.07, 6.45) is 4.65. The Hall–Kier alpha value is -2.80. The monoisotopic (exact) mass is 436 g/mol. The van der Waals surface area contributed by atoms with Crippen LogP contribution in [0.4, 0.5) is 0 Å². The molecule has 2 amide bonds. The average molecular weight is 437 g/mol. The van der Waals surface area contributed by atoms with Crippen molar-refractivity contribution >= 4 is 34.6 Å². The van der Waals surface area contributed by atoms with Gasteiger partial charge in [0, 0.05) is 37.4 Å². The van der Waals surface area contributed by atoms with E-state index in [2.05, 4.69) is 15.3 Å². The maximum Gasteiger partial charge on any atom is 0.251 e. The van der Waals surface area contributed by atoms with Crippen molar-refractivity contribution in [3.63, 3.8) is 0 Å². The van der Waals surface area contributed by atoms with E-state index in [0.717, 1.165) is 66.3 Å². The molecule has 3 aromatic rings. The molecule has 162 valence electrons. The van der Waals surface area contributed by atoms with Gasteiger partial charge < -0.3 is 15.2 Å². The van der Waals surface area contributed by atoms with Gasteiger partial charge in [-0.3, -0.25) is 9.59 Å². The second-order valence-corrected chi connectivity index (χ2v) is 8.81. The number of aromatic nitrogens is 2. The Morgan fingerprint density at radius 2 is 1.94 bits per heavy atom. The molecule has 0 aliphatic carbocycles. The summed E-state index contributed by atoms with van der Waals surface area (Å²) in [5.74, 6) is 0.963. The third kappa shape index (κ3) is 5.88. The molecule has 1 saturated heterocycles. The van der Waals surface area contributed by atoms with E-state index >= 15 is 0 Å². The number of carbonyl (C=O) groups excluding carboxylic acids is 2. The molecular weight excluding hydrogens is 408 g/mol. The summed E-state index contributed by atoms with van der Waals surface area (Å²) in [5, 5.41) is 3.86. The van der Waals surface area contributed by atoms with E-state index in [0.29, 0.717) is 18.5 Å². The van der Waals surface area contributed by atoms with Crippen molar-refractivity contribution in [2.75, 3.05) is 19.6 Å². The van der Waals surface area contributed by atoms with Gasteiger partial charge >= 0.3 is 0 Å². The number of rotatable bonds is 8. The highest BCUT2D eigenvalue weighted by molar-refractivity contribution is 7.98. The summed E-state index contributed by atoms with van der Waals surface area (Å²) in [4.78, 5) is 34.2. The lowest BCUT2D eigenvalue weighted by Gasteiger charge is -2.20. The number of hydrogen-bond donors (Lipinski definition) is 2.